The molecule has 0 bridgehead atoms. The van der Waals surface area contributed by atoms with Crippen molar-refractivity contribution >= 4 is 11.6 Å². The molecule has 1 aromatic rings. The Balaban J connectivity index is 1.78. The summed E-state index contributed by atoms with van der Waals surface area (Å²) in [5.74, 6) is 1.76. The number of para-hydroxylation sites is 2. The highest BCUT2D eigenvalue weighted by molar-refractivity contribution is 5.76. The number of carbonyl (C=O) groups is 1. The summed E-state index contributed by atoms with van der Waals surface area (Å²) >= 11 is 0. The van der Waals surface area contributed by atoms with Gasteiger partial charge in [-0.3, -0.25) is 4.79 Å². The molecule has 0 spiro atoms. The molecular weight excluding hydrogens is 302 g/mol. The van der Waals surface area contributed by atoms with Crippen molar-refractivity contribution in [2.45, 2.75) is 27.2 Å². The Morgan fingerprint density at radius 2 is 2.00 bits per heavy atom. The SMILES string of the molecule is CCOc1ccccc1N1CC[NH+](CC(=O)NCCC(C)C)CC1. The summed E-state index contributed by atoms with van der Waals surface area (Å²) in [5.41, 5.74) is 1.17. The molecule has 24 heavy (non-hydrogen) atoms. The van der Waals surface area contributed by atoms with Gasteiger partial charge >= 0.3 is 0 Å². The number of nitrogens with zero attached hydrogens (tertiary/aromatic N) is 1. The van der Waals surface area contributed by atoms with E-state index in [1.807, 2.05) is 19.1 Å². The molecule has 5 heteroatoms. The molecule has 1 aliphatic heterocycles. The van der Waals surface area contributed by atoms with Gasteiger partial charge in [0.2, 0.25) is 0 Å². The van der Waals surface area contributed by atoms with Gasteiger partial charge in [0.1, 0.15) is 5.75 Å². The van der Waals surface area contributed by atoms with Crippen LogP contribution in [0, 0.1) is 5.92 Å². The minimum absolute atomic E-state index is 0.175. The molecule has 1 fully saturated rings. The van der Waals surface area contributed by atoms with E-state index >= 15 is 0 Å². The van der Waals surface area contributed by atoms with E-state index in [0.717, 1.165) is 44.9 Å². The van der Waals surface area contributed by atoms with Crippen LogP contribution in [0.3, 0.4) is 0 Å². The van der Waals surface area contributed by atoms with E-state index in [1.165, 1.54) is 10.6 Å². The summed E-state index contributed by atoms with van der Waals surface area (Å²) < 4.78 is 5.73. The van der Waals surface area contributed by atoms with Gasteiger partial charge in [0.25, 0.3) is 5.91 Å². The standard InChI is InChI=1S/C19H31N3O2/c1-4-24-18-8-6-5-7-17(18)22-13-11-21(12-14-22)15-19(23)20-10-9-16(2)3/h5-8,16H,4,9-15H2,1-3H3,(H,20,23)/p+1. The number of hydrogen-bond acceptors (Lipinski definition) is 3. The van der Waals surface area contributed by atoms with Crippen LogP contribution in [-0.4, -0.2) is 51.8 Å². The number of amides is 1. The predicted octanol–water partition coefficient (Wildman–Crippen LogP) is 0.953. The smallest absolute Gasteiger partial charge is 0.275 e. The Morgan fingerprint density at radius 1 is 1.29 bits per heavy atom. The maximum absolute atomic E-state index is 12.0. The third-order valence-electron chi connectivity index (χ3n) is 4.43. The van der Waals surface area contributed by atoms with Crippen molar-refractivity contribution < 1.29 is 14.4 Å². The molecule has 2 rings (SSSR count). The monoisotopic (exact) mass is 334 g/mol. The van der Waals surface area contributed by atoms with Gasteiger partial charge in [-0.1, -0.05) is 26.0 Å². The summed E-state index contributed by atoms with van der Waals surface area (Å²) in [6.07, 6.45) is 1.04. The largest absolute Gasteiger partial charge is 0.492 e. The first-order valence-corrected chi connectivity index (χ1v) is 9.17. The van der Waals surface area contributed by atoms with Crippen molar-refractivity contribution in [3.63, 3.8) is 0 Å². The summed E-state index contributed by atoms with van der Waals surface area (Å²) in [5, 5.41) is 3.04. The molecule has 134 valence electrons. The van der Waals surface area contributed by atoms with Gasteiger partial charge < -0.3 is 19.9 Å². The van der Waals surface area contributed by atoms with Crippen molar-refractivity contribution in [2.24, 2.45) is 5.92 Å². The number of rotatable bonds is 8. The molecule has 0 aromatic heterocycles. The van der Waals surface area contributed by atoms with E-state index < -0.39 is 0 Å². The van der Waals surface area contributed by atoms with Gasteiger partial charge in [-0.2, -0.15) is 0 Å². The molecule has 1 aliphatic rings. The summed E-state index contributed by atoms with van der Waals surface area (Å²) in [4.78, 5) is 15.7. The fourth-order valence-corrected chi connectivity index (χ4v) is 3.03. The van der Waals surface area contributed by atoms with E-state index in [4.69, 9.17) is 4.74 Å². The van der Waals surface area contributed by atoms with Crippen LogP contribution in [-0.2, 0) is 4.79 Å². The highest BCUT2D eigenvalue weighted by Gasteiger charge is 2.23. The number of ether oxygens (including phenoxy) is 1. The van der Waals surface area contributed by atoms with Crippen LogP contribution in [0.1, 0.15) is 27.2 Å². The second-order valence-electron chi connectivity index (χ2n) is 6.85. The van der Waals surface area contributed by atoms with Crippen LogP contribution in [0.2, 0.25) is 0 Å². The van der Waals surface area contributed by atoms with Gasteiger partial charge in [-0.25, -0.2) is 0 Å². The van der Waals surface area contributed by atoms with Gasteiger partial charge in [0.15, 0.2) is 6.54 Å². The van der Waals surface area contributed by atoms with Crippen LogP contribution in [0.25, 0.3) is 0 Å². The zero-order chi connectivity index (χ0) is 17.4. The Kier molecular flexibility index (Phi) is 7.37. The van der Waals surface area contributed by atoms with Crippen molar-refractivity contribution in [3.05, 3.63) is 24.3 Å². The van der Waals surface area contributed by atoms with Gasteiger partial charge in [-0.05, 0) is 31.4 Å². The average Bonchev–Trinajstić information content (AvgIpc) is 2.56. The van der Waals surface area contributed by atoms with E-state index in [2.05, 4.69) is 36.2 Å². The van der Waals surface area contributed by atoms with Crippen LogP contribution in [0.4, 0.5) is 5.69 Å². The minimum Gasteiger partial charge on any atom is -0.492 e. The average molecular weight is 334 g/mol. The first-order valence-electron chi connectivity index (χ1n) is 9.17. The molecule has 1 saturated heterocycles. The van der Waals surface area contributed by atoms with Crippen LogP contribution in [0.5, 0.6) is 5.75 Å². The lowest BCUT2D eigenvalue weighted by Gasteiger charge is -2.34. The number of benzene rings is 1. The Bertz CT molecular complexity index is 511. The van der Waals surface area contributed by atoms with E-state index in [0.29, 0.717) is 19.1 Å². The number of anilines is 1. The van der Waals surface area contributed by atoms with Crippen molar-refractivity contribution in [3.8, 4) is 5.75 Å². The molecule has 1 amide bonds. The molecule has 5 nitrogen and oxygen atoms in total. The molecule has 1 aromatic carbocycles. The number of piperazine rings is 1. The van der Waals surface area contributed by atoms with Crippen molar-refractivity contribution in [1.29, 1.82) is 0 Å². The van der Waals surface area contributed by atoms with Crippen molar-refractivity contribution in [2.75, 3.05) is 50.8 Å². The van der Waals surface area contributed by atoms with E-state index in [1.54, 1.807) is 0 Å². The lowest BCUT2D eigenvalue weighted by atomic mass is 10.1. The maximum atomic E-state index is 12.0. The fourth-order valence-electron chi connectivity index (χ4n) is 3.03. The van der Waals surface area contributed by atoms with Gasteiger partial charge in [-0.15, -0.1) is 0 Å². The Labute approximate surface area is 146 Å². The lowest BCUT2D eigenvalue weighted by Crippen LogP contribution is -3.15. The van der Waals surface area contributed by atoms with E-state index in [9.17, 15) is 4.79 Å². The number of nitrogens with one attached hydrogen (secondary N) is 2. The predicted molar refractivity (Wildman–Crippen MR) is 97.9 cm³/mol. The topological polar surface area (TPSA) is 46.0 Å². The molecule has 1 heterocycles. The summed E-state index contributed by atoms with van der Waals surface area (Å²) in [6.45, 7) is 12.3. The first-order chi connectivity index (χ1) is 11.6. The normalized spacial score (nSPS) is 15.6. The van der Waals surface area contributed by atoms with Crippen LogP contribution >= 0.6 is 0 Å². The van der Waals surface area contributed by atoms with Crippen LogP contribution in [0.15, 0.2) is 24.3 Å². The van der Waals surface area contributed by atoms with E-state index in [-0.39, 0.29) is 5.91 Å². The summed E-state index contributed by atoms with van der Waals surface area (Å²) in [7, 11) is 0. The maximum Gasteiger partial charge on any atom is 0.275 e. The molecule has 0 atom stereocenters. The zero-order valence-electron chi connectivity index (χ0n) is 15.3. The third-order valence-corrected chi connectivity index (χ3v) is 4.43. The van der Waals surface area contributed by atoms with Gasteiger partial charge in [0, 0.05) is 6.54 Å². The number of quaternary nitrogens is 1. The zero-order valence-corrected chi connectivity index (χ0v) is 15.3. The Hall–Kier alpha value is -1.75. The first kappa shape index (κ1) is 18.6. The quantitative estimate of drug-likeness (QED) is 0.744. The number of hydrogen-bond donors (Lipinski definition) is 2. The van der Waals surface area contributed by atoms with Crippen LogP contribution < -0.4 is 19.9 Å². The minimum atomic E-state index is 0.175. The number of carbonyl (C=O) groups excluding carboxylic acids is 1. The lowest BCUT2D eigenvalue weighted by molar-refractivity contribution is -0.892. The van der Waals surface area contributed by atoms with Crippen molar-refractivity contribution in [1.82, 2.24) is 5.32 Å². The fraction of sp³-hybridized carbons (Fsp3) is 0.632. The molecule has 0 unspecified atom stereocenters. The van der Waals surface area contributed by atoms with Gasteiger partial charge in [0.05, 0.1) is 38.5 Å². The highest BCUT2D eigenvalue weighted by atomic mass is 16.5. The molecule has 0 saturated carbocycles. The Morgan fingerprint density at radius 3 is 2.67 bits per heavy atom. The summed E-state index contributed by atoms with van der Waals surface area (Å²) in [6, 6.07) is 8.21. The second-order valence-corrected chi connectivity index (χ2v) is 6.85. The molecule has 0 radical (unpaired) electrons. The molecular formula is C19H32N3O2+. The molecule has 0 aliphatic carbocycles. The highest BCUT2D eigenvalue weighted by Crippen LogP contribution is 2.27. The second kappa shape index (κ2) is 9.52. The molecule has 2 N–H and O–H groups in total. The third kappa shape index (κ3) is 5.71.